The van der Waals surface area contributed by atoms with Crippen LogP contribution in [-0.2, 0) is 7.05 Å². The number of aryl methyl sites for hydroxylation is 1. The summed E-state index contributed by atoms with van der Waals surface area (Å²) in [7, 11) is 3.63. The number of aromatic nitrogens is 2. The molecular formula is C16H18N4O3. The number of imide groups is 1. The molecule has 120 valence electrons. The SMILES string of the molecule is CN(C[C@@H](O)CN1C(=O)c2ccccc2C1=O)c1cnn(C)c1. The van der Waals surface area contributed by atoms with E-state index in [4.69, 9.17) is 0 Å². The molecule has 2 amide bonds. The van der Waals surface area contributed by atoms with Crippen LogP contribution in [0.15, 0.2) is 36.7 Å². The van der Waals surface area contributed by atoms with Gasteiger partial charge in [0.1, 0.15) is 0 Å². The van der Waals surface area contributed by atoms with E-state index in [1.807, 2.05) is 25.2 Å². The van der Waals surface area contributed by atoms with E-state index in [9.17, 15) is 14.7 Å². The Morgan fingerprint density at radius 2 is 1.83 bits per heavy atom. The first-order chi connectivity index (χ1) is 11.0. The fourth-order valence-corrected chi connectivity index (χ4v) is 2.70. The summed E-state index contributed by atoms with van der Waals surface area (Å²) in [6.07, 6.45) is 2.67. The van der Waals surface area contributed by atoms with Crippen LogP contribution >= 0.6 is 0 Å². The van der Waals surface area contributed by atoms with Gasteiger partial charge < -0.3 is 10.0 Å². The first-order valence-electron chi connectivity index (χ1n) is 7.30. The minimum atomic E-state index is -0.845. The topological polar surface area (TPSA) is 78.7 Å². The van der Waals surface area contributed by atoms with E-state index in [2.05, 4.69) is 5.10 Å². The van der Waals surface area contributed by atoms with Crippen molar-refractivity contribution < 1.29 is 14.7 Å². The van der Waals surface area contributed by atoms with Crippen LogP contribution in [0.4, 0.5) is 5.69 Å². The van der Waals surface area contributed by atoms with Crippen molar-refractivity contribution in [3.05, 3.63) is 47.8 Å². The maximum absolute atomic E-state index is 12.3. The van der Waals surface area contributed by atoms with Crippen molar-refractivity contribution in [3.8, 4) is 0 Å². The second kappa shape index (κ2) is 5.85. The van der Waals surface area contributed by atoms with Crippen LogP contribution in [0.25, 0.3) is 0 Å². The number of anilines is 1. The maximum atomic E-state index is 12.3. The fraction of sp³-hybridized carbons (Fsp3) is 0.312. The number of rotatable bonds is 5. The number of nitrogens with zero attached hydrogens (tertiary/aromatic N) is 4. The number of carbonyl (C=O) groups is 2. The van der Waals surface area contributed by atoms with Crippen LogP contribution in [0.3, 0.4) is 0 Å². The second-order valence-electron chi connectivity index (χ2n) is 5.67. The summed E-state index contributed by atoms with van der Waals surface area (Å²) in [4.78, 5) is 27.5. The second-order valence-corrected chi connectivity index (χ2v) is 5.67. The smallest absolute Gasteiger partial charge is 0.261 e. The van der Waals surface area contributed by atoms with E-state index in [0.29, 0.717) is 17.7 Å². The van der Waals surface area contributed by atoms with Crippen LogP contribution in [-0.4, -0.2) is 57.8 Å². The Bertz CT molecular complexity index is 720. The monoisotopic (exact) mass is 314 g/mol. The molecule has 1 aliphatic heterocycles. The van der Waals surface area contributed by atoms with Gasteiger partial charge in [-0.2, -0.15) is 5.10 Å². The summed E-state index contributed by atoms with van der Waals surface area (Å²) >= 11 is 0. The van der Waals surface area contributed by atoms with Crippen molar-refractivity contribution in [2.75, 3.05) is 25.0 Å². The lowest BCUT2D eigenvalue weighted by atomic mass is 10.1. The molecule has 0 fully saturated rings. The van der Waals surface area contributed by atoms with Gasteiger partial charge in [0, 0.05) is 26.8 Å². The molecule has 1 N–H and O–H groups in total. The fourth-order valence-electron chi connectivity index (χ4n) is 2.70. The number of aliphatic hydroxyl groups is 1. The highest BCUT2D eigenvalue weighted by Crippen LogP contribution is 2.22. The van der Waals surface area contributed by atoms with Gasteiger partial charge in [0.2, 0.25) is 0 Å². The van der Waals surface area contributed by atoms with Crippen LogP contribution < -0.4 is 4.90 Å². The Morgan fingerprint density at radius 1 is 1.22 bits per heavy atom. The average molecular weight is 314 g/mol. The molecule has 3 rings (SSSR count). The summed E-state index contributed by atoms with van der Waals surface area (Å²) in [5, 5.41) is 14.3. The molecule has 0 aliphatic carbocycles. The largest absolute Gasteiger partial charge is 0.389 e. The van der Waals surface area contributed by atoms with Gasteiger partial charge in [0.05, 0.1) is 35.7 Å². The number of hydrogen-bond acceptors (Lipinski definition) is 5. The minimum absolute atomic E-state index is 0.0308. The third-order valence-electron chi connectivity index (χ3n) is 3.89. The highest BCUT2D eigenvalue weighted by Gasteiger charge is 2.36. The average Bonchev–Trinajstić information content (AvgIpc) is 3.06. The van der Waals surface area contributed by atoms with Crippen LogP contribution in [0, 0.1) is 0 Å². The Balaban J connectivity index is 1.66. The van der Waals surface area contributed by atoms with Gasteiger partial charge in [-0.3, -0.25) is 19.2 Å². The molecule has 7 nitrogen and oxygen atoms in total. The molecule has 0 saturated heterocycles. The Morgan fingerprint density at radius 3 is 2.35 bits per heavy atom. The molecule has 0 unspecified atom stereocenters. The Hall–Kier alpha value is -2.67. The molecular weight excluding hydrogens is 296 g/mol. The summed E-state index contributed by atoms with van der Waals surface area (Å²) in [6.45, 7) is 0.260. The number of β-amino-alcohol motifs (C(OH)–C–C–N with tert-alkyl or cyclic N) is 1. The first-order valence-corrected chi connectivity index (χ1v) is 7.30. The molecule has 1 aromatic carbocycles. The lowest BCUT2D eigenvalue weighted by molar-refractivity contribution is 0.0552. The van der Waals surface area contributed by atoms with E-state index in [1.54, 1.807) is 35.1 Å². The predicted molar refractivity (Wildman–Crippen MR) is 84.3 cm³/mol. The van der Waals surface area contributed by atoms with Gasteiger partial charge in [-0.25, -0.2) is 0 Å². The standard InChI is InChI=1S/C16H18N4O3/c1-18(11-7-17-19(2)8-11)9-12(21)10-20-15(22)13-5-3-4-6-14(13)16(20)23/h3-8,12,21H,9-10H2,1-2H3/t12-/m1/s1. The van der Waals surface area contributed by atoms with Gasteiger partial charge >= 0.3 is 0 Å². The van der Waals surface area contributed by atoms with Crippen molar-refractivity contribution >= 4 is 17.5 Å². The molecule has 2 aromatic rings. The van der Waals surface area contributed by atoms with Crippen molar-refractivity contribution in [2.45, 2.75) is 6.10 Å². The maximum Gasteiger partial charge on any atom is 0.261 e. The third-order valence-corrected chi connectivity index (χ3v) is 3.89. The number of hydrogen-bond donors (Lipinski definition) is 1. The number of amides is 2. The number of carbonyl (C=O) groups excluding carboxylic acids is 2. The summed E-state index contributed by atoms with van der Waals surface area (Å²) in [5.74, 6) is -0.706. The van der Waals surface area contributed by atoms with E-state index in [-0.39, 0.29) is 18.4 Å². The van der Waals surface area contributed by atoms with Crippen LogP contribution in [0.5, 0.6) is 0 Å². The third kappa shape index (κ3) is 2.83. The van der Waals surface area contributed by atoms with Crippen molar-refractivity contribution in [2.24, 2.45) is 7.05 Å². The van der Waals surface area contributed by atoms with Crippen LogP contribution in [0.2, 0.25) is 0 Å². The molecule has 23 heavy (non-hydrogen) atoms. The Labute approximate surface area is 133 Å². The van der Waals surface area contributed by atoms with Crippen molar-refractivity contribution in [3.63, 3.8) is 0 Å². The van der Waals surface area contributed by atoms with Crippen LogP contribution in [0.1, 0.15) is 20.7 Å². The van der Waals surface area contributed by atoms with Gasteiger partial charge in [0.15, 0.2) is 0 Å². The summed E-state index contributed by atoms with van der Waals surface area (Å²) in [6, 6.07) is 6.70. The quantitative estimate of drug-likeness (QED) is 0.814. The first kappa shape index (κ1) is 15.2. The van der Waals surface area contributed by atoms with Gasteiger partial charge in [-0.1, -0.05) is 12.1 Å². The van der Waals surface area contributed by atoms with Gasteiger partial charge in [0.25, 0.3) is 11.8 Å². The van der Waals surface area contributed by atoms with Crippen molar-refractivity contribution in [1.29, 1.82) is 0 Å². The van der Waals surface area contributed by atoms with E-state index in [1.165, 1.54) is 0 Å². The van der Waals surface area contributed by atoms with Crippen molar-refractivity contribution in [1.82, 2.24) is 14.7 Å². The Kier molecular flexibility index (Phi) is 3.87. The molecule has 0 bridgehead atoms. The van der Waals surface area contributed by atoms with Gasteiger partial charge in [-0.15, -0.1) is 0 Å². The number of benzene rings is 1. The zero-order valence-electron chi connectivity index (χ0n) is 13.0. The van der Waals surface area contributed by atoms with E-state index < -0.39 is 6.10 Å². The highest BCUT2D eigenvalue weighted by molar-refractivity contribution is 6.21. The molecule has 0 saturated carbocycles. The zero-order chi connectivity index (χ0) is 16.6. The van der Waals surface area contributed by atoms with E-state index >= 15 is 0 Å². The number of aliphatic hydroxyl groups excluding tert-OH is 1. The molecule has 2 heterocycles. The molecule has 7 heteroatoms. The summed E-state index contributed by atoms with van der Waals surface area (Å²) in [5.41, 5.74) is 1.64. The molecule has 0 radical (unpaired) electrons. The normalized spacial score (nSPS) is 15.0. The lowest BCUT2D eigenvalue weighted by Crippen LogP contribution is -2.41. The van der Waals surface area contributed by atoms with Gasteiger partial charge in [-0.05, 0) is 12.1 Å². The number of likely N-dealkylation sites (N-methyl/N-ethyl adjacent to an activating group) is 1. The zero-order valence-corrected chi connectivity index (χ0v) is 13.0. The molecule has 1 aromatic heterocycles. The number of fused-ring (bicyclic) bond motifs is 1. The summed E-state index contributed by atoms with van der Waals surface area (Å²) < 4.78 is 1.67. The predicted octanol–water partition coefficient (Wildman–Crippen LogP) is 0.513. The molecule has 0 spiro atoms. The minimum Gasteiger partial charge on any atom is -0.389 e. The molecule has 1 atom stereocenters. The van der Waals surface area contributed by atoms with E-state index in [0.717, 1.165) is 10.6 Å². The lowest BCUT2D eigenvalue weighted by Gasteiger charge is -2.24. The highest BCUT2D eigenvalue weighted by atomic mass is 16.3. The molecule has 1 aliphatic rings.